The molecule has 3 aliphatic rings. The third kappa shape index (κ3) is 7.25. The number of hydrogen-bond acceptors (Lipinski definition) is 7. The molecule has 2 saturated heterocycles. The van der Waals surface area contributed by atoms with E-state index in [4.69, 9.17) is 9.47 Å². The standard InChI is InChI=1S/C28H39FN4O5S/c29-24-9-7-22(8-10-24)21-39(35,36)28-30-18-25(33(28)20-26-6-3-15-38-26)19-32(27(34)23-4-1-2-5-23)12-11-31-13-16-37-17-14-31/h7-10,18,23,26H,1-6,11-17,19-21H2/t26-/m1/s1. The molecule has 1 aromatic carbocycles. The molecule has 214 valence electrons. The SMILES string of the molecule is O=C(C1CCCC1)N(CCN1CCOCC1)Cc1cnc(S(=O)(=O)Cc2ccc(F)cc2)n1C[C@H]1CCCO1. The van der Waals surface area contributed by atoms with Gasteiger partial charge in [-0.3, -0.25) is 9.69 Å². The fraction of sp³-hybridized carbons (Fsp3) is 0.643. The van der Waals surface area contributed by atoms with Crippen LogP contribution >= 0.6 is 0 Å². The molecule has 0 radical (unpaired) electrons. The Morgan fingerprint density at radius 2 is 1.79 bits per heavy atom. The van der Waals surface area contributed by atoms with Gasteiger partial charge in [-0.15, -0.1) is 0 Å². The van der Waals surface area contributed by atoms with Gasteiger partial charge in [-0.05, 0) is 43.4 Å². The second-order valence-electron chi connectivity index (χ2n) is 10.9. The van der Waals surface area contributed by atoms with Crippen molar-refractivity contribution in [2.45, 2.75) is 68.6 Å². The highest BCUT2D eigenvalue weighted by molar-refractivity contribution is 7.90. The quantitative estimate of drug-likeness (QED) is 0.416. The second-order valence-corrected chi connectivity index (χ2v) is 12.7. The molecule has 0 spiro atoms. The number of hydrogen-bond donors (Lipinski definition) is 0. The van der Waals surface area contributed by atoms with E-state index in [0.29, 0.717) is 50.7 Å². The lowest BCUT2D eigenvalue weighted by Gasteiger charge is -2.31. The molecule has 1 saturated carbocycles. The maximum absolute atomic E-state index is 13.6. The molecule has 1 amide bonds. The van der Waals surface area contributed by atoms with Crippen molar-refractivity contribution in [3.8, 4) is 0 Å². The number of aromatic nitrogens is 2. The highest BCUT2D eigenvalue weighted by atomic mass is 32.2. The molecule has 39 heavy (non-hydrogen) atoms. The first kappa shape index (κ1) is 28.2. The Hall–Kier alpha value is -2.34. The topological polar surface area (TPSA) is 94.0 Å². The number of amides is 1. The van der Waals surface area contributed by atoms with Crippen molar-refractivity contribution in [3.05, 3.63) is 47.5 Å². The Balaban J connectivity index is 1.40. The number of morpholine rings is 1. The number of rotatable bonds is 11. The summed E-state index contributed by atoms with van der Waals surface area (Å²) in [5.74, 6) is -0.536. The number of carbonyl (C=O) groups is 1. The van der Waals surface area contributed by atoms with Crippen LogP contribution in [0.5, 0.6) is 0 Å². The van der Waals surface area contributed by atoms with Crippen LogP contribution in [-0.4, -0.2) is 85.8 Å². The first-order chi connectivity index (χ1) is 18.9. The van der Waals surface area contributed by atoms with Gasteiger partial charge in [0.15, 0.2) is 0 Å². The number of halogens is 1. The summed E-state index contributed by atoms with van der Waals surface area (Å²) >= 11 is 0. The van der Waals surface area contributed by atoms with Gasteiger partial charge in [0.05, 0.1) is 50.1 Å². The Morgan fingerprint density at radius 3 is 2.49 bits per heavy atom. The third-order valence-electron chi connectivity index (χ3n) is 8.02. The maximum atomic E-state index is 13.6. The predicted molar refractivity (Wildman–Crippen MR) is 143 cm³/mol. The van der Waals surface area contributed by atoms with E-state index in [0.717, 1.165) is 58.2 Å². The fourth-order valence-electron chi connectivity index (χ4n) is 5.80. The van der Waals surface area contributed by atoms with Crippen LogP contribution in [0.2, 0.25) is 0 Å². The average Bonchev–Trinajstić information content (AvgIpc) is 3.72. The zero-order valence-corrected chi connectivity index (χ0v) is 23.3. The van der Waals surface area contributed by atoms with Crippen molar-refractivity contribution in [1.29, 1.82) is 0 Å². The van der Waals surface area contributed by atoms with Crippen LogP contribution in [0, 0.1) is 11.7 Å². The summed E-state index contributed by atoms with van der Waals surface area (Å²) < 4.78 is 53.5. The van der Waals surface area contributed by atoms with E-state index >= 15 is 0 Å². The molecular weight excluding hydrogens is 523 g/mol. The highest BCUT2D eigenvalue weighted by Crippen LogP contribution is 2.28. The Kier molecular flexibility index (Phi) is 9.32. The van der Waals surface area contributed by atoms with Crippen LogP contribution in [-0.2, 0) is 42.9 Å². The van der Waals surface area contributed by atoms with E-state index in [2.05, 4.69) is 9.88 Å². The molecule has 3 fully saturated rings. The molecule has 0 bridgehead atoms. The minimum absolute atomic E-state index is 0.0194. The molecule has 1 aliphatic carbocycles. The Morgan fingerprint density at radius 1 is 1.05 bits per heavy atom. The lowest BCUT2D eigenvalue weighted by molar-refractivity contribution is -0.136. The van der Waals surface area contributed by atoms with Gasteiger partial charge in [-0.2, -0.15) is 0 Å². The van der Waals surface area contributed by atoms with E-state index in [9.17, 15) is 17.6 Å². The Labute approximate surface area is 230 Å². The van der Waals surface area contributed by atoms with Gasteiger partial charge in [-0.1, -0.05) is 25.0 Å². The van der Waals surface area contributed by atoms with Crippen molar-refractivity contribution >= 4 is 15.7 Å². The summed E-state index contributed by atoms with van der Waals surface area (Å²) in [7, 11) is -3.83. The summed E-state index contributed by atoms with van der Waals surface area (Å²) in [5.41, 5.74) is 1.18. The summed E-state index contributed by atoms with van der Waals surface area (Å²) in [6, 6.07) is 5.48. The van der Waals surface area contributed by atoms with Crippen LogP contribution in [0.3, 0.4) is 0 Å². The first-order valence-electron chi connectivity index (χ1n) is 14.1. The lowest BCUT2D eigenvalue weighted by atomic mass is 10.1. The fourth-order valence-corrected chi connectivity index (χ4v) is 7.30. The lowest BCUT2D eigenvalue weighted by Crippen LogP contribution is -2.44. The average molecular weight is 563 g/mol. The maximum Gasteiger partial charge on any atom is 0.228 e. The van der Waals surface area contributed by atoms with Crippen LogP contribution in [0.4, 0.5) is 4.39 Å². The molecule has 5 rings (SSSR count). The van der Waals surface area contributed by atoms with Gasteiger partial charge in [0, 0.05) is 38.7 Å². The summed E-state index contributed by atoms with van der Waals surface area (Å²) in [6.07, 6.45) is 7.20. The van der Waals surface area contributed by atoms with Crippen LogP contribution in [0.15, 0.2) is 35.6 Å². The van der Waals surface area contributed by atoms with Crippen LogP contribution < -0.4 is 0 Å². The smallest absolute Gasteiger partial charge is 0.228 e. The number of sulfone groups is 1. The van der Waals surface area contributed by atoms with Gasteiger partial charge in [-0.25, -0.2) is 17.8 Å². The Bertz CT molecular complexity index is 1200. The molecule has 0 unspecified atom stereocenters. The van der Waals surface area contributed by atoms with Gasteiger partial charge < -0.3 is 18.9 Å². The molecule has 9 nitrogen and oxygen atoms in total. The molecule has 2 aromatic rings. The predicted octanol–water partition coefficient (Wildman–Crippen LogP) is 3.03. The number of nitrogens with zero attached hydrogens (tertiary/aromatic N) is 4. The van der Waals surface area contributed by atoms with Crippen molar-refractivity contribution < 1.29 is 27.1 Å². The van der Waals surface area contributed by atoms with Gasteiger partial charge in [0.2, 0.25) is 20.9 Å². The molecular formula is C28H39FN4O5S. The zero-order chi connectivity index (χ0) is 27.2. The van der Waals surface area contributed by atoms with Crippen molar-refractivity contribution in [3.63, 3.8) is 0 Å². The normalized spacial score (nSPS) is 21.0. The summed E-state index contributed by atoms with van der Waals surface area (Å²) in [5, 5.41) is -0.0289. The number of ether oxygens (including phenoxy) is 2. The highest BCUT2D eigenvalue weighted by Gasteiger charge is 2.31. The molecule has 11 heteroatoms. The minimum Gasteiger partial charge on any atom is -0.379 e. The molecule has 1 aromatic heterocycles. The van der Waals surface area contributed by atoms with E-state index in [1.165, 1.54) is 24.3 Å². The van der Waals surface area contributed by atoms with E-state index in [1.54, 1.807) is 10.8 Å². The largest absolute Gasteiger partial charge is 0.379 e. The van der Waals surface area contributed by atoms with Crippen LogP contribution in [0.1, 0.15) is 49.8 Å². The monoisotopic (exact) mass is 562 g/mol. The third-order valence-corrected chi connectivity index (χ3v) is 9.61. The number of imidazole rings is 1. The minimum atomic E-state index is -3.83. The molecule has 0 N–H and O–H groups in total. The van der Waals surface area contributed by atoms with Crippen LogP contribution in [0.25, 0.3) is 0 Å². The summed E-state index contributed by atoms with van der Waals surface area (Å²) in [6.45, 7) is 5.70. The van der Waals surface area contributed by atoms with E-state index in [1.807, 2.05) is 4.90 Å². The van der Waals surface area contributed by atoms with Gasteiger partial charge in [0.25, 0.3) is 0 Å². The van der Waals surface area contributed by atoms with Crippen molar-refractivity contribution in [2.24, 2.45) is 5.92 Å². The van der Waals surface area contributed by atoms with Crippen molar-refractivity contribution in [1.82, 2.24) is 19.4 Å². The second kappa shape index (κ2) is 12.9. The number of benzene rings is 1. The molecule has 1 atom stereocenters. The zero-order valence-electron chi connectivity index (χ0n) is 22.5. The molecule has 3 heterocycles. The van der Waals surface area contributed by atoms with Gasteiger partial charge >= 0.3 is 0 Å². The molecule has 2 aliphatic heterocycles. The first-order valence-corrected chi connectivity index (χ1v) is 15.8. The van der Waals surface area contributed by atoms with Crippen molar-refractivity contribution in [2.75, 3.05) is 46.0 Å². The number of carbonyl (C=O) groups excluding carboxylic acids is 1. The summed E-state index contributed by atoms with van der Waals surface area (Å²) in [4.78, 5) is 22.2. The van der Waals surface area contributed by atoms with E-state index in [-0.39, 0.29) is 28.8 Å². The van der Waals surface area contributed by atoms with E-state index < -0.39 is 15.7 Å². The van der Waals surface area contributed by atoms with Gasteiger partial charge in [0.1, 0.15) is 5.82 Å².